The molecule has 11 aromatic carbocycles. The molecule has 5 heteroatoms. The van der Waals surface area contributed by atoms with Gasteiger partial charge in [0.25, 0.3) is 0 Å². The molecule has 5 nitrogen and oxygen atoms in total. The molecule has 0 saturated heterocycles. The van der Waals surface area contributed by atoms with Crippen LogP contribution in [0.5, 0.6) is 0 Å². The van der Waals surface area contributed by atoms with Gasteiger partial charge in [0.2, 0.25) is 5.95 Å². The third kappa shape index (κ3) is 6.82. The summed E-state index contributed by atoms with van der Waals surface area (Å²) in [6.45, 7) is 0. The van der Waals surface area contributed by atoms with Gasteiger partial charge in [0.05, 0.1) is 17.1 Å². The first-order valence-electron chi connectivity index (χ1n) is 25.4. The first kappa shape index (κ1) is 42.0. The van der Waals surface area contributed by atoms with E-state index in [-0.39, 0.29) is 12.0 Å². The second kappa shape index (κ2) is 17.0. The zero-order valence-electron chi connectivity index (χ0n) is 40.2. The van der Waals surface area contributed by atoms with E-state index in [0.29, 0.717) is 17.6 Å². The van der Waals surface area contributed by atoms with Crippen molar-refractivity contribution in [2.75, 3.05) is 4.90 Å². The number of nitrogens with zero attached hydrogens (tertiary/aromatic N) is 5. The van der Waals surface area contributed by atoms with Crippen molar-refractivity contribution in [1.29, 1.82) is 0 Å². The lowest BCUT2D eigenvalue weighted by atomic mass is 9.85. The van der Waals surface area contributed by atoms with E-state index in [4.69, 9.17) is 15.0 Å². The van der Waals surface area contributed by atoms with Crippen LogP contribution in [-0.2, 0) is 0 Å². The molecule has 346 valence electrons. The maximum absolute atomic E-state index is 5.45. The van der Waals surface area contributed by atoms with Gasteiger partial charge in [0.1, 0.15) is 0 Å². The van der Waals surface area contributed by atoms with Crippen LogP contribution in [0.15, 0.2) is 261 Å². The molecule has 2 unspecified atom stereocenters. The van der Waals surface area contributed by atoms with E-state index < -0.39 is 0 Å². The van der Waals surface area contributed by atoms with E-state index in [1.165, 1.54) is 71.5 Å². The molecular weight excluding hydrogens is 899 g/mol. The molecule has 2 aliphatic rings. The summed E-state index contributed by atoms with van der Waals surface area (Å²) in [6.07, 6.45) is 7.24. The molecule has 74 heavy (non-hydrogen) atoms. The minimum Gasteiger partial charge on any atom is -0.333 e. The Balaban J connectivity index is 0.917. The molecule has 1 aliphatic heterocycles. The van der Waals surface area contributed by atoms with Crippen LogP contribution in [0.2, 0.25) is 0 Å². The Morgan fingerprint density at radius 2 is 0.811 bits per heavy atom. The molecular formula is C69H45N5. The van der Waals surface area contributed by atoms with E-state index in [0.717, 1.165) is 44.1 Å². The summed E-state index contributed by atoms with van der Waals surface area (Å²) in [6, 6.07) is 87.4. The number of hydrogen-bond acceptors (Lipinski definition) is 4. The molecule has 3 heterocycles. The third-order valence-corrected chi connectivity index (χ3v) is 15.3. The van der Waals surface area contributed by atoms with E-state index in [1.807, 2.05) is 18.2 Å². The van der Waals surface area contributed by atoms with Gasteiger partial charge in [-0.3, -0.25) is 4.57 Å². The number of benzene rings is 11. The van der Waals surface area contributed by atoms with Gasteiger partial charge in [-0.1, -0.05) is 206 Å². The highest BCUT2D eigenvalue weighted by Crippen LogP contribution is 2.51. The first-order chi connectivity index (χ1) is 36.7. The molecule has 0 bridgehead atoms. The molecule has 2 aromatic heterocycles. The van der Waals surface area contributed by atoms with Gasteiger partial charge in [-0.05, 0) is 126 Å². The lowest BCUT2D eigenvalue weighted by Crippen LogP contribution is -2.28. The van der Waals surface area contributed by atoms with Crippen molar-refractivity contribution in [1.82, 2.24) is 19.5 Å². The number of rotatable bonds is 7. The van der Waals surface area contributed by atoms with E-state index in [9.17, 15) is 0 Å². The number of para-hydroxylation sites is 1. The van der Waals surface area contributed by atoms with Gasteiger partial charge >= 0.3 is 0 Å². The highest BCUT2D eigenvalue weighted by Gasteiger charge is 2.38. The van der Waals surface area contributed by atoms with Crippen molar-refractivity contribution in [2.45, 2.75) is 12.0 Å². The fourth-order valence-electron chi connectivity index (χ4n) is 11.9. The highest BCUT2D eigenvalue weighted by atomic mass is 15.2. The summed E-state index contributed by atoms with van der Waals surface area (Å²) in [5.74, 6) is 1.94. The van der Waals surface area contributed by atoms with E-state index in [2.05, 4.69) is 252 Å². The average Bonchev–Trinajstić information content (AvgIpc) is 4.03. The molecule has 13 aromatic rings. The predicted molar refractivity (Wildman–Crippen MR) is 307 cm³/mol. The molecule has 15 rings (SSSR count). The van der Waals surface area contributed by atoms with Crippen LogP contribution in [0.3, 0.4) is 0 Å². The van der Waals surface area contributed by atoms with Crippen LogP contribution in [0.4, 0.5) is 11.4 Å². The Bertz CT molecular complexity index is 4390. The van der Waals surface area contributed by atoms with Gasteiger partial charge < -0.3 is 4.90 Å². The van der Waals surface area contributed by atoms with Gasteiger partial charge in [-0.2, -0.15) is 9.97 Å². The molecule has 0 fully saturated rings. The summed E-state index contributed by atoms with van der Waals surface area (Å²) in [4.78, 5) is 18.6. The number of allylic oxidation sites excluding steroid dienone is 2. The second-order valence-electron chi connectivity index (χ2n) is 19.5. The Morgan fingerprint density at radius 1 is 0.338 bits per heavy atom. The highest BCUT2D eigenvalue weighted by molar-refractivity contribution is 6.25. The molecule has 0 saturated carbocycles. The monoisotopic (exact) mass is 943 g/mol. The number of aromatic nitrogens is 4. The average molecular weight is 944 g/mol. The fourth-order valence-corrected chi connectivity index (χ4v) is 11.9. The predicted octanol–water partition coefficient (Wildman–Crippen LogP) is 17.4. The second-order valence-corrected chi connectivity index (χ2v) is 19.5. The minimum absolute atomic E-state index is 0.138. The zero-order valence-corrected chi connectivity index (χ0v) is 40.2. The van der Waals surface area contributed by atoms with Crippen LogP contribution in [0.25, 0.3) is 111 Å². The van der Waals surface area contributed by atoms with Crippen molar-refractivity contribution in [3.8, 4) is 51.0 Å². The maximum Gasteiger partial charge on any atom is 0.238 e. The van der Waals surface area contributed by atoms with Crippen LogP contribution in [0.1, 0.15) is 17.0 Å². The number of hydrogen-bond donors (Lipinski definition) is 0. The molecule has 0 radical (unpaired) electrons. The van der Waals surface area contributed by atoms with Crippen molar-refractivity contribution < 1.29 is 0 Å². The Kier molecular flexibility index (Phi) is 9.64. The van der Waals surface area contributed by atoms with Crippen molar-refractivity contribution >= 4 is 71.1 Å². The Labute approximate surface area is 428 Å². The fraction of sp³-hybridized carbons (Fsp3) is 0.0290. The van der Waals surface area contributed by atoms with Crippen LogP contribution in [0, 0.1) is 0 Å². The molecule has 1 aliphatic carbocycles. The smallest absolute Gasteiger partial charge is 0.238 e. The van der Waals surface area contributed by atoms with Gasteiger partial charge in [-0.15, -0.1) is 0 Å². The van der Waals surface area contributed by atoms with Crippen molar-refractivity contribution in [2.24, 2.45) is 0 Å². The molecule has 0 amide bonds. The van der Waals surface area contributed by atoms with Gasteiger partial charge in [0, 0.05) is 39.2 Å². The minimum atomic E-state index is 0.138. The van der Waals surface area contributed by atoms with Gasteiger partial charge in [-0.25, -0.2) is 4.98 Å². The Hall–Kier alpha value is -9.71. The van der Waals surface area contributed by atoms with E-state index in [1.54, 1.807) is 0 Å². The van der Waals surface area contributed by atoms with Crippen molar-refractivity contribution in [3.63, 3.8) is 0 Å². The first-order valence-corrected chi connectivity index (χ1v) is 25.4. The summed E-state index contributed by atoms with van der Waals surface area (Å²) < 4.78 is 2.24. The molecule has 0 spiro atoms. The topological polar surface area (TPSA) is 46.8 Å². The third-order valence-electron chi connectivity index (χ3n) is 15.3. The van der Waals surface area contributed by atoms with E-state index >= 15 is 0 Å². The van der Waals surface area contributed by atoms with Crippen molar-refractivity contribution in [3.05, 3.63) is 272 Å². The summed E-state index contributed by atoms with van der Waals surface area (Å²) >= 11 is 0. The largest absolute Gasteiger partial charge is 0.333 e. The maximum atomic E-state index is 5.45. The normalized spacial score (nSPS) is 15.0. The molecule has 0 N–H and O–H groups in total. The lowest BCUT2D eigenvalue weighted by molar-refractivity contribution is 0.747. The number of anilines is 2. The lowest BCUT2D eigenvalue weighted by Gasteiger charge is -2.29. The van der Waals surface area contributed by atoms with Gasteiger partial charge in [0.15, 0.2) is 11.6 Å². The summed E-state index contributed by atoms with van der Waals surface area (Å²) in [5.41, 5.74) is 14.8. The Morgan fingerprint density at radius 3 is 1.45 bits per heavy atom. The van der Waals surface area contributed by atoms with Crippen LogP contribution < -0.4 is 4.90 Å². The van der Waals surface area contributed by atoms with Crippen LogP contribution in [-0.4, -0.2) is 25.6 Å². The summed E-state index contributed by atoms with van der Waals surface area (Å²) in [7, 11) is 0. The van der Waals surface area contributed by atoms with Crippen LogP contribution >= 0.6 is 0 Å². The quantitative estimate of drug-likeness (QED) is 0.149. The summed E-state index contributed by atoms with van der Waals surface area (Å²) in [5, 5.41) is 9.53. The zero-order chi connectivity index (χ0) is 48.7. The standard InChI is InChI=1S/C69H45N5/c1-5-17-44(18-6-1)47-30-35-63-59(39-47)60-41-49(32-36-64(60)73(63)52-23-11-4-12-24-52)50-33-38-66-62(42-50)61-40-48(45-19-7-2-8-20-45)31-37-65(61)74(66)69-71-67(46-21-9-3-10-22-46)70-68(72-69)51-29-34-57-55-27-14-13-25-53(55)54-26-15-16-28-56(54)58(57)43-51/h1-43,60,64H. The SMILES string of the molecule is C1=CC2C(C=C1c1ccc3c(c1)c1cc(-c4ccccc4)ccc1n3-c1nc(-c3ccccc3)nc(-c3ccc4c5ccccc5c5ccccc5c4c3)n1)c1cc(-c3ccccc3)ccc1N2c1ccccc1. The number of fused-ring (bicyclic) bond motifs is 12. The molecule has 2 atom stereocenters.